The summed E-state index contributed by atoms with van der Waals surface area (Å²) in [4.78, 5) is 29.5. The quantitative estimate of drug-likeness (QED) is 0.706. The Hall–Kier alpha value is -2.12. The van der Waals surface area contributed by atoms with Gasteiger partial charge in [-0.05, 0) is 24.6 Å². The van der Waals surface area contributed by atoms with Crippen LogP contribution in [0.3, 0.4) is 0 Å². The van der Waals surface area contributed by atoms with Crippen LogP contribution < -0.4 is 4.90 Å². The fourth-order valence-corrected chi connectivity index (χ4v) is 2.82. The van der Waals surface area contributed by atoms with Crippen LogP contribution in [0.25, 0.3) is 0 Å². The van der Waals surface area contributed by atoms with E-state index in [2.05, 4.69) is 11.0 Å². The molecule has 0 bridgehead atoms. The summed E-state index contributed by atoms with van der Waals surface area (Å²) in [6.45, 7) is 3.96. The Balaban J connectivity index is 1.93. The van der Waals surface area contributed by atoms with E-state index in [1.807, 2.05) is 25.1 Å². The average molecular weight is 335 g/mol. The van der Waals surface area contributed by atoms with Crippen LogP contribution in [-0.4, -0.2) is 84.3 Å². The normalized spacial score (nSPS) is 14.6. The smallest absolute Gasteiger partial charge is 0.312 e. The van der Waals surface area contributed by atoms with Crippen molar-refractivity contribution in [2.45, 2.75) is 6.92 Å². The number of nitrogens with zero attached hydrogens (tertiary/aromatic N) is 3. The Morgan fingerprint density at radius 1 is 1.08 bits per heavy atom. The lowest BCUT2D eigenvalue weighted by Crippen LogP contribution is -2.54. The van der Waals surface area contributed by atoms with Gasteiger partial charge in [0, 0.05) is 45.0 Å². The molecule has 132 valence electrons. The Labute approximate surface area is 142 Å². The monoisotopic (exact) mass is 335 g/mol. The van der Waals surface area contributed by atoms with Crippen LogP contribution in [-0.2, 0) is 9.59 Å². The number of carbonyl (C=O) groups excluding carboxylic acids is 2. The number of benzene rings is 1. The summed E-state index contributed by atoms with van der Waals surface area (Å²) < 4.78 is 0. The minimum atomic E-state index is -0.665. The summed E-state index contributed by atoms with van der Waals surface area (Å²) in [6.07, 6.45) is 0. The number of rotatable bonds is 5. The van der Waals surface area contributed by atoms with Crippen LogP contribution in [0.1, 0.15) is 5.56 Å². The van der Waals surface area contributed by atoms with Gasteiger partial charge < -0.3 is 24.9 Å². The second-order valence-electron chi connectivity index (χ2n) is 5.86. The maximum Gasteiger partial charge on any atom is 0.312 e. The van der Waals surface area contributed by atoms with Crippen LogP contribution in [0.5, 0.6) is 0 Å². The topological polar surface area (TPSA) is 84.3 Å². The number of aliphatic hydroxyl groups excluding tert-OH is 2. The van der Waals surface area contributed by atoms with Crippen molar-refractivity contribution in [3.63, 3.8) is 0 Å². The first-order valence-electron chi connectivity index (χ1n) is 8.18. The van der Waals surface area contributed by atoms with Crippen LogP contribution in [0.2, 0.25) is 0 Å². The van der Waals surface area contributed by atoms with Crippen LogP contribution in [0.4, 0.5) is 5.69 Å². The highest BCUT2D eigenvalue weighted by Crippen LogP contribution is 2.18. The van der Waals surface area contributed by atoms with Crippen molar-refractivity contribution < 1.29 is 19.8 Å². The lowest BCUT2D eigenvalue weighted by atomic mass is 10.2. The van der Waals surface area contributed by atoms with E-state index in [4.69, 9.17) is 10.2 Å². The molecule has 1 aromatic carbocycles. The zero-order valence-corrected chi connectivity index (χ0v) is 14.0. The van der Waals surface area contributed by atoms with E-state index in [-0.39, 0.29) is 26.3 Å². The van der Waals surface area contributed by atoms with Crippen molar-refractivity contribution in [3.05, 3.63) is 29.8 Å². The van der Waals surface area contributed by atoms with Gasteiger partial charge in [0.2, 0.25) is 0 Å². The summed E-state index contributed by atoms with van der Waals surface area (Å²) in [5.41, 5.74) is 2.31. The molecule has 0 radical (unpaired) electrons. The zero-order chi connectivity index (χ0) is 17.5. The first kappa shape index (κ1) is 18.2. The van der Waals surface area contributed by atoms with Gasteiger partial charge in [-0.2, -0.15) is 0 Å². The molecule has 1 aromatic rings. The number of carbonyl (C=O) groups is 2. The summed E-state index contributed by atoms with van der Waals surface area (Å²) in [5, 5.41) is 18.0. The largest absolute Gasteiger partial charge is 0.395 e. The number of aliphatic hydroxyl groups is 2. The molecule has 1 aliphatic heterocycles. The molecule has 7 nitrogen and oxygen atoms in total. The predicted molar refractivity (Wildman–Crippen MR) is 90.7 cm³/mol. The van der Waals surface area contributed by atoms with Gasteiger partial charge in [0.15, 0.2) is 0 Å². The van der Waals surface area contributed by atoms with Crippen LogP contribution in [0.15, 0.2) is 24.3 Å². The van der Waals surface area contributed by atoms with E-state index < -0.39 is 11.8 Å². The zero-order valence-electron chi connectivity index (χ0n) is 14.0. The standard InChI is InChI=1S/C17H25N3O4/c1-14-3-2-4-15(13-14)18-5-7-19(8-6-18)16(23)17(24)20(9-11-21)10-12-22/h2-4,13,21-22H,5-12H2,1H3. The molecule has 0 spiro atoms. The molecule has 2 amide bonds. The van der Waals surface area contributed by atoms with Gasteiger partial charge in [-0.25, -0.2) is 0 Å². The minimum absolute atomic E-state index is 0.0500. The van der Waals surface area contributed by atoms with Crippen molar-refractivity contribution >= 4 is 17.5 Å². The van der Waals surface area contributed by atoms with Gasteiger partial charge in [0.25, 0.3) is 0 Å². The molecule has 0 unspecified atom stereocenters. The van der Waals surface area contributed by atoms with Crippen molar-refractivity contribution in [3.8, 4) is 0 Å². The summed E-state index contributed by atoms with van der Waals surface area (Å²) in [5.74, 6) is -1.23. The van der Waals surface area contributed by atoms with Gasteiger partial charge in [-0.1, -0.05) is 12.1 Å². The summed E-state index contributed by atoms with van der Waals surface area (Å²) in [7, 11) is 0. The van der Waals surface area contributed by atoms with Gasteiger partial charge in [-0.15, -0.1) is 0 Å². The molecule has 7 heteroatoms. The van der Waals surface area contributed by atoms with Crippen molar-refractivity contribution in [2.75, 3.05) is 57.4 Å². The number of piperazine rings is 1. The van der Waals surface area contributed by atoms with Gasteiger partial charge in [0.05, 0.1) is 13.2 Å². The fraction of sp³-hybridized carbons (Fsp3) is 0.529. The van der Waals surface area contributed by atoms with E-state index >= 15 is 0 Å². The minimum Gasteiger partial charge on any atom is -0.395 e. The summed E-state index contributed by atoms with van der Waals surface area (Å²) >= 11 is 0. The van der Waals surface area contributed by atoms with E-state index in [0.717, 1.165) is 5.69 Å². The maximum atomic E-state index is 12.3. The number of hydrogen-bond donors (Lipinski definition) is 2. The van der Waals surface area contributed by atoms with Crippen molar-refractivity contribution in [2.24, 2.45) is 0 Å². The van der Waals surface area contributed by atoms with E-state index in [1.54, 1.807) is 0 Å². The van der Waals surface area contributed by atoms with Crippen LogP contribution in [0, 0.1) is 6.92 Å². The first-order chi connectivity index (χ1) is 11.6. The van der Waals surface area contributed by atoms with Crippen molar-refractivity contribution in [1.29, 1.82) is 0 Å². The van der Waals surface area contributed by atoms with E-state index in [9.17, 15) is 9.59 Å². The average Bonchev–Trinajstić information content (AvgIpc) is 2.60. The molecule has 0 atom stereocenters. The van der Waals surface area contributed by atoms with Crippen molar-refractivity contribution in [1.82, 2.24) is 9.80 Å². The molecule has 0 aliphatic carbocycles. The first-order valence-corrected chi connectivity index (χ1v) is 8.18. The highest BCUT2D eigenvalue weighted by atomic mass is 16.3. The highest BCUT2D eigenvalue weighted by molar-refractivity contribution is 6.34. The third-order valence-corrected chi connectivity index (χ3v) is 4.14. The van der Waals surface area contributed by atoms with Gasteiger partial charge in [0.1, 0.15) is 0 Å². The fourth-order valence-electron chi connectivity index (χ4n) is 2.82. The maximum absolute atomic E-state index is 12.3. The number of hydrogen-bond acceptors (Lipinski definition) is 5. The Kier molecular flexibility index (Phi) is 6.57. The molecule has 0 aromatic heterocycles. The third-order valence-electron chi connectivity index (χ3n) is 4.14. The third kappa shape index (κ3) is 4.46. The molecule has 2 rings (SSSR count). The predicted octanol–water partition coefficient (Wildman–Crippen LogP) is -0.543. The van der Waals surface area contributed by atoms with Crippen LogP contribution >= 0.6 is 0 Å². The van der Waals surface area contributed by atoms with E-state index in [1.165, 1.54) is 15.4 Å². The number of aryl methyl sites for hydroxylation is 1. The highest BCUT2D eigenvalue weighted by Gasteiger charge is 2.29. The second-order valence-corrected chi connectivity index (χ2v) is 5.86. The number of anilines is 1. The molecule has 0 saturated carbocycles. The summed E-state index contributed by atoms with van der Waals surface area (Å²) in [6, 6.07) is 8.19. The second kappa shape index (κ2) is 8.65. The number of amides is 2. The molecular formula is C17H25N3O4. The molecule has 1 aliphatic rings. The molecule has 1 saturated heterocycles. The lowest BCUT2D eigenvalue weighted by Gasteiger charge is -2.36. The van der Waals surface area contributed by atoms with Gasteiger partial charge >= 0.3 is 11.8 Å². The van der Waals surface area contributed by atoms with E-state index in [0.29, 0.717) is 26.2 Å². The van der Waals surface area contributed by atoms with Gasteiger partial charge in [-0.3, -0.25) is 9.59 Å². The molecule has 24 heavy (non-hydrogen) atoms. The Bertz CT molecular complexity index is 565. The molecule has 1 fully saturated rings. The molecule has 2 N–H and O–H groups in total. The lowest BCUT2D eigenvalue weighted by molar-refractivity contribution is -0.152. The SMILES string of the molecule is Cc1cccc(N2CCN(C(=O)C(=O)N(CCO)CCO)CC2)c1. The molecular weight excluding hydrogens is 310 g/mol. The molecule has 1 heterocycles. The Morgan fingerprint density at radius 3 is 2.25 bits per heavy atom. The Morgan fingerprint density at radius 2 is 1.71 bits per heavy atom.